The van der Waals surface area contributed by atoms with E-state index in [2.05, 4.69) is 15.8 Å². The monoisotopic (exact) mass is 594 g/mol. The Morgan fingerprint density at radius 1 is 0.825 bits per heavy atom. The maximum atomic E-state index is 13.5. The zero-order chi connectivity index (χ0) is 28.7. The minimum Gasteiger partial charge on any atom is -0.322 e. The number of nitrogens with one attached hydrogen (secondary N) is 2. The number of sulfonamides is 1. The van der Waals surface area contributed by atoms with Gasteiger partial charge in [0.15, 0.2) is 0 Å². The summed E-state index contributed by atoms with van der Waals surface area (Å²) in [4.78, 5) is 25.4. The van der Waals surface area contributed by atoms with Crippen LogP contribution in [0.3, 0.4) is 0 Å². The van der Waals surface area contributed by atoms with Gasteiger partial charge in [0.1, 0.15) is 6.54 Å². The molecule has 0 radical (unpaired) electrons. The van der Waals surface area contributed by atoms with Crippen LogP contribution in [0.15, 0.2) is 113 Å². The molecular formula is C29H24Cl2N4O4S. The first kappa shape index (κ1) is 28.8. The molecule has 0 heterocycles. The van der Waals surface area contributed by atoms with Crippen molar-refractivity contribution < 1.29 is 18.0 Å². The zero-order valence-corrected chi connectivity index (χ0v) is 23.5. The number of hydrogen-bond acceptors (Lipinski definition) is 5. The Balaban J connectivity index is 1.53. The van der Waals surface area contributed by atoms with Crippen molar-refractivity contribution in [2.75, 3.05) is 16.2 Å². The second-order valence-electron chi connectivity index (χ2n) is 8.53. The van der Waals surface area contributed by atoms with Crippen LogP contribution in [0.5, 0.6) is 0 Å². The summed E-state index contributed by atoms with van der Waals surface area (Å²) in [7, 11) is -4.18. The van der Waals surface area contributed by atoms with E-state index in [9.17, 15) is 18.0 Å². The summed E-state index contributed by atoms with van der Waals surface area (Å²) in [5.74, 6) is -0.969. The van der Waals surface area contributed by atoms with Gasteiger partial charge in [0.05, 0.1) is 26.3 Å². The Kier molecular flexibility index (Phi) is 9.21. The molecule has 0 aliphatic rings. The average Bonchev–Trinajstić information content (AvgIpc) is 2.97. The lowest BCUT2D eigenvalue weighted by Crippen LogP contribution is -2.40. The van der Waals surface area contributed by atoms with Crippen molar-refractivity contribution in [2.24, 2.45) is 5.10 Å². The van der Waals surface area contributed by atoms with Crippen molar-refractivity contribution in [2.45, 2.75) is 11.8 Å². The molecule has 11 heteroatoms. The molecule has 204 valence electrons. The summed E-state index contributed by atoms with van der Waals surface area (Å²) >= 11 is 12.5. The number of amides is 2. The summed E-state index contributed by atoms with van der Waals surface area (Å²) < 4.78 is 27.9. The highest BCUT2D eigenvalue weighted by molar-refractivity contribution is 7.92. The lowest BCUT2D eigenvalue weighted by Gasteiger charge is -2.25. The average molecular weight is 596 g/mol. The van der Waals surface area contributed by atoms with Crippen LogP contribution in [-0.2, 0) is 14.8 Å². The van der Waals surface area contributed by atoms with Gasteiger partial charge in [-0.05, 0) is 61.0 Å². The predicted octanol–water partition coefficient (Wildman–Crippen LogP) is 5.98. The lowest BCUT2D eigenvalue weighted by molar-refractivity contribution is -0.119. The van der Waals surface area contributed by atoms with Gasteiger partial charge < -0.3 is 5.32 Å². The number of hydrogen-bond donors (Lipinski definition) is 2. The molecule has 0 aliphatic heterocycles. The molecule has 4 rings (SSSR count). The number of halogens is 2. The minimum absolute atomic E-state index is 0.00878. The Labute approximate surface area is 242 Å². The van der Waals surface area contributed by atoms with Crippen LogP contribution in [0.2, 0.25) is 10.0 Å². The Morgan fingerprint density at radius 3 is 2.15 bits per heavy atom. The molecule has 8 nitrogen and oxygen atoms in total. The Bertz CT molecular complexity index is 1660. The number of anilines is 2. The van der Waals surface area contributed by atoms with E-state index in [1.165, 1.54) is 24.3 Å². The van der Waals surface area contributed by atoms with Crippen LogP contribution < -0.4 is 15.0 Å². The molecule has 0 fully saturated rings. The van der Waals surface area contributed by atoms with Gasteiger partial charge in [-0.3, -0.25) is 13.9 Å². The number of rotatable bonds is 9. The molecule has 0 bridgehead atoms. The minimum atomic E-state index is -4.18. The van der Waals surface area contributed by atoms with Gasteiger partial charge in [0.25, 0.3) is 21.8 Å². The van der Waals surface area contributed by atoms with Crippen LogP contribution in [0, 0.1) is 0 Å². The first-order chi connectivity index (χ1) is 19.2. The lowest BCUT2D eigenvalue weighted by atomic mass is 10.1. The van der Waals surface area contributed by atoms with Gasteiger partial charge in [-0.15, -0.1) is 0 Å². The third-order valence-corrected chi connectivity index (χ3v) is 8.32. The second-order valence-corrected chi connectivity index (χ2v) is 11.2. The van der Waals surface area contributed by atoms with Crippen LogP contribution >= 0.6 is 23.2 Å². The van der Waals surface area contributed by atoms with E-state index in [1.54, 1.807) is 79.7 Å². The topological polar surface area (TPSA) is 108 Å². The fourth-order valence-electron chi connectivity index (χ4n) is 3.70. The quantitative estimate of drug-likeness (QED) is 0.183. The van der Waals surface area contributed by atoms with E-state index < -0.39 is 22.5 Å². The maximum absolute atomic E-state index is 13.5. The molecule has 0 atom stereocenters. The van der Waals surface area contributed by atoms with Gasteiger partial charge in [0, 0.05) is 11.3 Å². The van der Waals surface area contributed by atoms with E-state index in [-0.39, 0.29) is 26.5 Å². The molecule has 40 heavy (non-hydrogen) atoms. The third kappa shape index (κ3) is 6.87. The SMILES string of the molecule is C/C(=N/NC(=O)CN(c1cccc(Cl)c1Cl)S(=O)(=O)c1ccccc1)c1cccc(NC(=O)c2ccccc2)c1. The van der Waals surface area contributed by atoms with Crippen LogP contribution in [0.4, 0.5) is 11.4 Å². The molecule has 2 N–H and O–H groups in total. The van der Waals surface area contributed by atoms with Crippen molar-refractivity contribution >= 4 is 62.1 Å². The number of carbonyl (C=O) groups is 2. The van der Waals surface area contributed by atoms with Crippen LogP contribution in [-0.4, -0.2) is 32.5 Å². The standard InChI is InChI=1S/C29H24Cl2N4O4S/c1-20(22-12-8-13-23(18-22)32-29(37)21-10-4-2-5-11-21)33-34-27(36)19-35(26-17-9-16-25(30)28(26)31)40(38,39)24-14-6-3-7-15-24/h2-18H,19H2,1H3,(H,32,37)(H,34,36)/b33-20-. The normalized spacial score (nSPS) is 11.5. The number of hydrazone groups is 1. The van der Waals surface area contributed by atoms with E-state index in [1.807, 2.05) is 6.07 Å². The molecule has 0 spiro atoms. The van der Waals surface area contributed by atoms with E-state index in [0.29, 0.717) is 22.5 Å². The van der Waals surface area contributed by atoms with E-state index >= 15 is 0 Å². The van der Waals surface area contributed by atoms with Crippen molar-refractivity contribution in [3.63, 3.8) is 0 Å². The fraction of sp³-hybridized carbons (Fsp3) is 0.0690. The largest absolute Gasteiger partial charge is 0.322 e. The molecule has 0 aromatic heterocycles. The highest BCUT2D eigenvalue weighted by Gasteiger charge is 2.29. The van der Waals surface area contributed by atoms with Crippen molar-refractivity contribution in [3.8, 4) is 0 Å². The summed E-state index contributed by atoms with van der Waals surface area (Å²) in [6.07, 6.45) is 0. The predicted molar refractivity (Wildman–Crippen MR) is 159 cm³/mol. The Morgan fingerprint density at radius 2 is 1.45 bits per heavy atom. The van der Waals surface area contributed by atoms with E-state index in [4.69, 9.17) is 23.2 Å². The smallest absolute Gasteiger partial charge is 0.264 e. The molecule has 0 saturated carbocycles. The number of benzene rings is 4. The van der Waals surface area contributed by atoms with Gasteiger partial charge in [-0.2, -0.15) is 5.10 Å². The van der Waals surface area contributed by atoms with Gasteiger partial charge in [0.2, 0.25) is 0 Å². The molecule has 4 aromatic rings. The van der Waals surface area contributed by atoms with Crippen molar-refractivity contribution in [1.29, 1.82) is 0 Å². The Hall–Kier alpha value is -4.18. The highest BCUT2D eigenvalue weighted by atomic mass is 35.5. The first-order valence-electron chi connectivity index (χ1n) is 12.0. The zero-order valence-electron chi connectivity index (χ0n) is 21.2. The summed E-state index contributed by atoms with van der Waals surface area (Å²) in [5.41, 5.74) is 4.58. The maximum Gasteiger partial charge on any atom is 0.264 e. The first-order valence-corrected chi connectivity index (χ1v) is 14.2. The summed E-state index contributed by atoms with van der Waals surface area (Å²) in [5, 5.41) is 7.10. The molecule has 0 saturated heterocycles. The summed E-state index contributed by atoms with van der Waals surface area (Å²) in [6.45, 7) is 1.06. The third-order valence-electron chi connectivity index (χ3n) is 5.74. The molecule has 4 aromatic carbocycles. The van der Waals surface area contributed by atoms with E-state index in [0.717, 1.165) is 4.31 Å². The fourth-order valence-corrected chi connectivity index (χ4v) is 5.60. The van der Waals surface area contributed by atoms with Crippen molar-refractivity contribution in [1.82, 2.24) is 5.43 Å². The van der Waals surface area contributed by atoms with Gasteiger partial charge in [-0.25, -0.2) is 13.8 Å². The van der Waals surface area contributed by atoms with Crippen molar-refractivity contribution in [3.05, 3.63) is 124 Å². The van der Waals surface area contributed by atoms with Crippen LogP contribution in [0.25, 0.3) is 0 Å². The van der Waals surface area contributed by atoms with Gasteiger partial charge in [-0.1, -0.05) is 77.8 Å². The van der Waals surface area contributed by atoms with Gasteiger partial charge >= 0.3 is 0 Å². The number of nitrogens with zero attached hydrogens (tertiary/aromatic N) is 2. The van der Waals surface area contributed by atoms with Crippen LogP contribution in [0.1, 0.15) is 22.8 Å². The molecule has 2 amide bonds. The number of carbonyl (C=O) groups excluding carboxylic acids is 2. The molecular weight excluding hydrogens is 571 g/mol. The second kappa shape index (κ2) is 12.8. The summed E-state index contributed by atoms with van der Waals surface area (Å²) in [6, 6.07) is 27.9. The molecule has 0 unspecified atom stereocenters. The highest BCUT2D eigenvalue weighted by Crippen LogP contribution is 2.35. The molecule has 0 aliphatic carbocycles.